The van der Waals surface area contributed by atoms with Gasteiger partial charge in [0, 0.05) is 32.3 Å². The van der Waals surface area contributed by atoms with E-state index in [1.54, 1.807) is 30.3 Å². The van der Waals surface area contributed by atoms with Crippen molar-refractivity contribution in [2.45, 2.75) is 12.6 Å². The van der Waals surface area contributed by atoms with Crippen LogP contribution >= 0.6 is 23.7 Å². The molecule has 0 unspecified atom stereocenters. The van der Waals surface area contributed by atoms with Crippen molar-refractivity contribution in [3.8, 4) is 11.5 Å². The molecule has 1 saturated heterocycles. The van der Waals surface area contributed by atoms with Gasteiger partial charge in [0.15, 0.2) is 16.6 Å². The number of para-hydroxylation sites is 1. The van der Waals surface area contributed by atoms with Gasteiger partial charge in [0.2, 0.25) is 6.79 Å². The maximum absolute atomic E-state index is 13.5. The zero-order chi connectivity index (χ0) is 25.1. The van der Waals surface area contributed by atoms with Gasteiger partial charge in [-0.15, -0.1) is 12.4 Å². The number of morpholine rings is 1. The van der Waals surface area contributed by atoms with Crippen LogP contribution in [0.2, 0.25) is 0 Å². The highest BCUT2D eigenvalue weighted by atomic mass is 35.5. The van der Waals surface area contributed by atoms with E-state index in [9.17, 15) is 18.0 Å². The lowest BCUT2D eigenvalue weighted by atomic mass is 10.2. The molecule has 2 aliphatic heterocycles. The number of halogens is 4. The van der Waals surface area contributed by atoms with Crippen molar-refractivity contribution < 1.29 is 32.2 Å². The van der Waals surface area contributed by atoms with Crippen molar-refractivity contribution >= 4 is 51.1 Å². The van der Waals surface area contributed by atoms with E-state index in [0.29, 0.717) is 42.4 Å². The number of carbonyl (C=O) groups is 1. The van der Waals surface area contributed by atoms with E-state index in [4.69, 9.17) is 14.2 Å². The Morgan fingerprint density at radius 2 is 1.92 bits per heavy atom. The minimum Gasteiger partial charge on any atom is -0.454 e. The normalized spacial score (nSPS) is 15.8. The van der Waals surface area contributed by atoms with Crippen LogP contribution in [0, 0.1) is 0 Å². The van der Waals surface area contributed by atoms with E-state index in [1.807, 2.05) is 0 Å². The molecule has 0 atom stereocenters. The average Bonchev–Trinajstić information content (AvgIpc) is 3.51. The Labute approximate surface area is 221 Å². The molecule has 1 aromatic heterocycles. The maximum Gasteiger partial charge on any atom is 0.418 e. The molecule has 2 aromatic carbocycles. The second kappa shape index (κ2) is 11.7. The van der Waals surface area contributed by atoms with Crippen LogP contribution in [0.1, 0.15) is 17.5 Å². The van der Waals surface area contributed by atoms with E-state index in [-0.39, 0.29) is 35.8 Å². The summed E-state index contributed by atoms with van der Waals surface area (Å²) in [5.41, 5.74) is -0.209. The van der Waals surface area contributed by atoms with Crippen molar-refractivity contribution in [2.24, 2.45) is 0 Å². The number of rotatable bonds is 7. The summed E-state index contributed by atoms with van der Waals surface area (Å²) in [6.07, 6.45) is -0.836. The third-order valence-corrected chi connectivity index (χ3v) is 7.03. The molecule has 0 radical (unpaired) electrons. The fraction of sp³-hybridized carbons (Fsp3) is 0.360. The van der Waals surface area contributed by atoms with Gasteiger partial charge >= 0.3 is 6.18 Å². The van der Waals surface area contributed by atoms with Crippen LogP contribution < -0.4 is 14.4 Å². The quantitative estimate of drug-likeness (QED) is 0.372. The van der Waals surface area contributed by atoms with Gasteiger partial charge < -0.3 is 14.2 Å². The van der Waals surface area contributed by atoms with Crippen LogP contribution in [-0.4, -0.2) is 62.0 Å². The summed E-state index contributed by atoms with van der Waals surface area (Å²) in [7, 11) is 0. The van der Waals surface area contributed by atoms with Crippen molar-refractivity contribution in [1.29, 1.82) is 0 Å². The molecular weight excluding hydrogens is 531 g/mol. The van der Waals surface area contributed by atoms with Crippen LogP contribution in [0.5, 0.6) is 11.5 Å². The van der Waals surface area contributed by atoms with Crippen molar-refractivity contribution in [3.63, 3.8) is 0 Å². The summed E-state index contributed by atoms with van der Waals surface area (Å²) >= 11 is 1.08. The molecule has 37 heavy (non-hydrogen) atoms. The number of ether oxygens (including phenoxy) is 3. The highest BCUT2D eigenvalue weighted by molar-refractivity contribution is 7.22. The lowest BCUT2D eigenvalue weighted by Gasteiger charge is -2.27. The molecule has 12 heteroatoms. The van der Waals surface area contributed by atoms with Gasteiger partial charge in [-0.05, 0) is 42.3 Å². The van der Waals surface area contributed by atoms with Crippen LogP contribution in [0.4, 0.5) is 18.3 Å². The number of thiazole rings is 1. The molecule has 5 rings (SSSR count). The fourth-order valence-corrected chi connectivity index (χ4v) is 5.16. The molecule has 0 aliphatic carbocycles. The Morgan fingerprint density at radius 3 is 2.70 bits per heavy atom. The number of hydrogen-bond donors (Lipinski definition) is 0. The van der Waals surface area contributed by atoms with Gasteiger partial charge in [0.05, 0.1) is 29.0 Å². The monoisotopic (exact) mass is 555 g/mol. The topological polar surface area (TPSA) is 64.1 Å². The van der Waals surface area contributed by atoms with E-state index >= 15 is 0 Å². The molecule has 0 N–H and O–H groups in total. The molecule has 3 heterocycles. The number of benzene rings is 2. The maximum atomic E-state index is 13.5. The van der Waals surface area contributed by atoms with Crippen LogP contribution in [0.15, 0.2) is 42.5 Å². The number of hydrogen-bond acceptors (Lipinski definition) is 7. The van der Waals surface area contributed by atoms with E-state index in [1.165, 1.54) is 17.0 Å². The van der Waals surface area contributed by atoms with Gasteiger partial charge in [-0.25, -0.2) is 4.98 Å². The molecule has 2 aliphatic rings. The number of carbonyl (C=O) groups excluding carboxylic acids is 1. The average molecular weight is 556 g/mol. The largest absolute Gasteiger partial charge is 0.454 e. The van der Waals surface area contributed by atoms with Gasteiger partial charge in [-0.2, -0.15) is 13.2 Å². The van der Waals surface area contributed by atoms with Crippen LogP contribution in [-0.2, 0) is 15.7 Å². The smallest absolute Gasteiger partial charge is 0.418 e. The lowest BCUT2D eigenvalue weighted by Crippen LogP contribution is -2.39. The summed E-state index contributed by atoms with van der Waals surface area (Å²) in [5, 5.41) is 0.240. The lowest BCUT2D eigenvalue weighted by molar-refractivity contribution is -0.136. The Hall–Kier alpha value is -2.86. The predicted molar refractivity (Wildman–Crippen MR) is 138 cm³/mol. The molecule has 1 amide bonds. The number of amides is 1. The van der Waals surface area contributed by atoms with Crippen LogP contribution in [0.3, 0.4) is 0 Å². The number of alkyl halides is 3. The first-order valence-electron chi connectivity index (χ1n) is 11.5. The third kappa shape index (κ3) is 6.35. The van der Waals surface area contributed by atoms with Gasteiger partial charge in [0.25, 0.3) is 5.91 Å². The zero-order valence-electron chi connectivity index (χ0n) is 19.7. The van der Waals surface area contributed by atoms with E-state index in [0.717, 1.165) is 42.6 Å². The van der Waals surface area contributed by atoms with Crippen molar-refractivity contribution in [3.05, 3.63) is 53.6 Å². The summed E-state index contributed by atoms with van der Waals surface area (Å²) < 4.78 is 57.1. The first-order valence-corrected chi connectivity index (χ1v) is 12.4. The number of fused-ring (bicyclic) bond motifs is 2. The molecule has 0 spiro atoms. The Bertz CT molecular complexity index is 1280. The summed E-state index contributed by atoms with van der Waals surface area (Å²) in [5.74, 6) is 0.873. The van der Waals surface area contributed by atoms with Crippen molar-refractivity contribution in [1.82, 2.24) is 9.88 Å². The minimum absolute atomic E-state index is 0. The molecule has 3 aromatic rings. The zero-order valence-corrected chi connectivity index (χ0v) is 21.3. The molecule has 0 bridgehead atoms. The second-order valence-electron chi connectivity index (χ2n) is 8.39. The fourth-order valence-electron chi connectivity index (χ4n) is 4.13. The second-order valence-corrected chi connectivity index (χ2v) is 9.40. The van der Waals surface area contributed by atoms with Gasteiger partial charge in [-0.1, -0.05) is 23.5 Å². The standard InChI is InChI=1S/C25H24F3N3O4S.ClH/c26-25(27,28)18-3-1-4-21-23(18)29-24(36-21)31(10-2-9-30-11-13-33-14-12-30)22(32)8-6-17-5-7-19-20(15-17)35-16-34-19;/h1,3-8,15H,2,9-14,16H2;1H/b8-6+;. The number of nitrogens with zero attached hydrogens (tertiary/aromatic N) is 3. The number of aromatic nitrogens is 1. The van der Waals surface area contributed by atoms with Gasteiger partial charge in [0.1, 0.15) is 0 Å². The molecule has 1 fully saturated rings. The minimum atomic E-state index is -4.53. The van der Waals surface area contributed by atoms with E-state index in [2.05, 4.69) is 9.88 Å². The first-order chi connectivity index (χ1) is 17.4. The first kappa shape index (κ1) is 27.2. The van der Waals surface area contributed by atoms with Crippen molar-refractivity contribution in [2.75, 3.05) is 51.1 Å². The SMILES string of the molecule is Cl.O=C(/C=C/c1ccc2c(c1)OCO2)N(CCCN1CCOCC1)c1nc2c(C(F)(F)F)cccc2s1. The molecule has 198 valence electrons. The summed E-state index contributed by atoms with van der Waals surface area (Å²) in [6.45, 7) is 4.18. The highest BCUT2D eigenvalue weighted by Gasteiger charge is 2.34. The number of anilines is 1. The van der Waals surface area contributed by atoms with Crippen LogP contribution in [0.25, 0.3) is 16.3 Å². The highest BCUT2D eigenvalue weighted by Crippen LogP contribution is 2.38. The van der Waals surface area contributed by atoms with Gasteiger partial charge in [-0.3, -0.25) is 14.6 Å². The molecule has 0 saturated carbocycles. The summed E-state index contributed by atoms with van der Waals surface area (Å²) in [6, 6.07) is 9.28. The molecular formula is C25H25ClF3N3O4S. The Morgan fingerprint density at radius 1 is 1.14 bits per heavy atom. The summed E-state index contributed by atoms with van der Waals surface area (Å²) in [4.78, 5) is 21.3. The predicted octanol–water partition coefficient (Wildman–Crippen LogP) is 5.23. The third-order valence-electron chi connectivity index (χ3n) is 5.98. The Balaban J connectivity index is 0.00000320. The Kier molecular flexibility index (Phi) is 8.58. The molecule has 7 nitrogen and oxygen atoms in total. The van der Waals surface area contributed by atoms with E-state index < -0.39 is 11.7 Å².